The van der Waals surface area contributed by atoms with E-state index in [2.05, 4.69) is 5.32 Å². The molecule has 0 spiro atoms. The summed E-state index contributed by atoms with van der Waals surface area (Å²) in [7, 11) is -4.19. The van der Waals surface area contributed by atoms with Crippen LogP contribution in [0.1, 0.15) is 42.0 Å². The standard InChI is InChI=1S/C36H40ClN3O4S/c1-4-5-22-38-36(42)34(24-29-14-7-6-8-15-29)39(25-30-16-10-9-13-28(30)3)35(41)26-40(32-17-11-12-27(2)23-32)45(43,44)33-20-18-31(37)19-21-33/h6-21,23,34H,4-5,22,24-26H2,1-3H3,(H,38,42). The van der Waals surface area contributed by atoms with Crippen LogP contribution >= 0.6 is 11.6 Å². The zero-order chi connectivity index (χ0) is 32.4. The molecule has 0 aromatic heterocycles. The van der Waals surface area contributed by atoms with Crippen molar-refractivity contribution in [2.45, 2.75) is 57.5 Å². The minimum atomic E-state index is -4.19. The van der Waals surface area contributed by atoms with Crippen molar-refractivity contribution >= 4 is 39.1 Å². The van der Waals surface area contributed by atoms with Gasteiger partial charge in [0.25, 0.3) is 10.0 Å². The highest BCUT2D eigenvalue weighted by atomic mass is 35.5. The lowest BCUT2D eigenvalue weighted by atomic mass is 10.0. The molecule has 45 heavy (non-hydrogen) atoms. The number of hydrogen-bond donors (Lipinski definition) is 1. The number of anilines is 1. The molecule has 0 aliphatic rings. The van der Waals surface area contributed by atoms with Crippen LogP contribution in [0.3, 0.4) is 0 Å². The smallest absolute Gasteiger partial charge is 0.264 e. The van der Waals surface area contributed by atoms with Crippen molar-refractivity contribution in [1.29, 1.82) is 0 Å². The van der Waals surface area contributed by atoms with Crippen molar-refractivity contribution < 1.29 is 18.0 Å². The molecule has 0 bridgehead atoms. The Morgan fingerprint density at radius 2 is 1.56 bits per heavy atom. The van der Waals surface area contributed by atoms with Crippen LogP contribution in [0.2, 0.25) is 5.02 Å². The molecule has 0 aliphatic heterocycles. The number of rotatable bonds is 14. The monoisotopic (exact) mass is 645 g/mol. The second-order valence-electron chi connectivity index (χ2n) is 11.1. The van der Waals surface area contributed by atoms with Gasteiger partial charge < -0.3 is 10.2 Å². The third kappa shape index (κ3) is 8.96. The number of carbonyl (C=O) groups is 2. The molecular weight excluding hydrogens is 606 g/mol. The summed E-state index contributed by atoms with van der Waals surface area (Å²) in [5.41, 5.74) is 3.91. The number of amides is 2. The minimum Gasteiger partial charge on any atom is -0.354 e. The molecule has 4 rings (SSSR count). The molecule has 0 heterocycles. The van der Waals surface area contributed by atoms with E-state index < -0.39 is 28.5 Å². The van der Waals surface area contributed by atoms with E-state index in [0.717, 1.165) is 39.4 Å². The quantitative estimate of drug-likeness (QED) is 0.155. The van der Waals surface area contributed by atoms with E-state index in [1.165, 1.54) is 29.2 Å². The molecule has 0 aliphatic carbocycles. The van der Waals surface area contributed by atoms with Gasteiger partial charge in [-0.1, -0.05) is 91.7 Å². The van der Waals surface area contributed by atoms with Crippen molar-refractivity contribution in [3.63, 3.8) is 0 Å². The van der Waals surface area contributed by atoms with Gasteiger partial charge in [0.2, 0.25) is 11.8 Å². The highest BCUT2D eigenvalue weighted by molar-refractivity contribution is 7.92. The van der Waals surface area contributed by atoms with Gasteiger partial charge in [-0.25, -0.2) is 8.42 Å². The maximum Gasteiger partial charge on any atom is 0.264 e. The van der Waals surface area contributed by atoms with Crippen LogP contribution in [0.15, 0.2) is 108 Å². The largest absolute Gasteiger partial charge is 0.354 e. The van der Waals surface area contributed by atoms with Crippen LogP contribution in [0.5, 0.6) is 0 Å². The highest BCUT2D eigenvalue weighted by Crippen LogP contribution is 2.27. The molecule has 236 valence electrons. The minimum absolute atomic E-state index is 0.00445. The summed E-state index contributed by atoms with van der Waals surface area (Å²) in [6, 6.07) is 29.2. The van der Waals surface area contributed by atoms with Crippen molar-refractivity contribution in [2.24, 2.45) is 0 Å². The lowest BCUT2D eigenvalue weighted by molar-refractivity contribution is -0.140. The first-order valence-electron chi connectivity index (χ1n) is 15.1. The second-order valence-corrected chi connectivity index (χ2v) is 13.4. The third-order valence-electron chi connectivity index (χ3n) is 7.67. The van der Waals surface area contributed by atoms with Crippen LogP contribution in [-0.2, 0) is 32.6 Å². The number of sulfonamides is 1. The van der Waals surface area contributed by atoms with Gasteiger partial charge in [-0.3, -0.25) is 13.9 Å². The van der Waals surface area contributed by atoms with E-state index in [1.807, 2.05) is 81.4 Å². The third-order valence-corrected chi connectivity index (χ3v) is 9.71. The Balaban J connectivity index is 1.80. The van der Waals surface area contributed by atoms with E-state index in [4.69, 9.17) is 11.6 Å². The highest BCUT2D eigenvalue weighted by Gasteiger charge is 2.34. The maximum absolute atomic E-state index is 14.5. The Labute approximate surface area is 271 Å². The van der Waals surface area contributed by atoms with Crippen LogP contribution in [0.25, 0.3) is 0 Å². The molecule has 4 aromatic rings. The van der Waals surface area contributed by atoms with E-state index in [0.29, 0.717) is 17.3 Å². The topological polar surface area (TPSA) is 86.8 Å². The van der Waals surface area contributed by atoms with Gasteiger partial charge in [-0.05, 0) is 78.9 Å². The first-order chi connectivity index (χ1) is 21.6. The lowest BCUT2D eigenvalue weighted by Gasteiger charge is -2.34. The Kier molecular flexibility index (Phi) is 11.8. The second kappa shape index (κ2) is 15.7. The predicted octanol–water partition coefficient (Wildman–Crippen LogP) is 6.71. The fourth-order valence-electron chi connectivity index (χ4n) is 5.08. The van der Waals surface area contributed by atoms with Crippen LogP contribution in [0.4, 0.5) is 5.69 Å². The summed E-state index contributed by atoms with van der Waals surface area (Å²) in [5, 5.41) is 3.41. The van der Waals surface area contributed by atoms with Crippen LogP contribution in [-0.4, -0.2) is 44.3 Å². The van der Waals surface area contributed by atoms with E-state index in [-0.39, 0.29) is 23.8 Å². The van der Waals surface area contributed by atoms with Gasteiger partial charge in [-0.2, -0.15) is 0 Å². The summed E-state index contributed by atoms with van der Waals surface area (Å²) in [4.78, 5) is 29.9. The van der Waals surface area contributed by atoms with E-state index in [1.54, 1.807) is 18.2 Å². The first kappa shape index (κ1) is 33.7. The van der Waals surface area contributed by atoms with Gasteiger partial charge in [-0.15, -0.1) is 0 Å². The molecule has 0 radical (unpaired) electrons. The van der Waals surface area contributed by atoms with Gasteiger partial charge in [0.15, 0.2) is 0 Å². The van der Waals surface area contributed by atoms with Crippen molar-refractivity contribution in [1.82, 2.24) is 10.2 Å². The van der Waals surface area contributed by atoms with E-state index in [9.17, 15) is 18.0 Å². The van der Waals surface area contributed by atoms with Crippen molar-refractivity contribution in [2.75, 3.05) is 17.4 Å². The summed E-state index contributed by atoms with van der Waals surface area (Å²) < 4.78 is 29.4. The average molecular weight is 646 g/mol. The molecule has 1 N–H and O–H groups in total. The fraction of sp³-hybridized carbons (Fsp3) is 0.278. The van der Waals surface area contributed by atoms with Gasteiger partial charge in [0.05, 0.1) is 10.6 Å². The zero-order valence-electron chi connectivity index (χ0n) is 25.9. The van der Waals surface area contributed by atoms with Gasteiger partial charge in [0.1, 0.15) is 12.6 Å². The molecule has 0 saturated carbocycles. The SMILES string of the molecule is CCCCNC(=O)C(Cc1ccccc1)N(Cc1ccccc1C)C(=O)CN(c1cccc(C)c1)S(=O)(=O)c1ccc(Cl)cc1. The number of nitrogens with zero attached hydrogens (tertiary/aromatic N) is 2. The van der Waals surface area contributed by atoms with Crippen LogP contribution < -0.4 is 9.62 Å². The number of halogens is 1. The Morgan fingerprint density at radius 1 is 0.867 bits per heavy atom. The van der Waals surface area contributed by atoms with Crippen molar-refractivity contribution in [3.05, 3.63) is 130 Å². The molecule has 7 nitrogen and oxygen atoms in total. The number of benzene rings is 4. The van der Waals surface area contributed by atoms with E-state index >= 15 is 0 Å². The Morgan fingerprint density at radius 3 is 2.22 bits per heavy atom. The summed E-state index contributed by atoms with van der Waals surface area (Å²) in [5.74, 6) is -0.777. The first-order valence-corrected chi connectivity index (χ1v) is 16.9. The van der Waals surface area contributed by atoms with Crippen molar-refractivity contribution in [3.8, 4) is 0 Å². The number of nitrogens with one attached hydrogen (secondary N) is 1. The molecule has 1 atom stereocenters. The number of hydrogen-bond acceptors (Lipinski definition) is 4. The molecule has 1 unspecified atom stereocenters. The molecule has 4 aromatic carbocycles. The molecule has 0 fully saturated rings. The predicted molar refractivity (Wildman–Crippen MR) is 181 cm³/mol. The molecular formula is C36H40ClN3O4S. The average Bonchev–Trinajstić information content (AvgIpc) is 3.03. The summed E-state index contributed by atoms with van der Waals surface area (Å²) in [6.45, 7) is 5.96. The van der Waals surface area contributed by atoms with Gasteiger partial charge in [0, 0.05) is 24.5 Å². The zero-order valence-corrected chi connectivity index (χ0v) is 27.5. The van der Waals surface area contributed by atoms with Crippen LogP contribution in [0, 0.1) is 13.8 Å². The lowest BCUT2D eigenvalue weighted by Crippen LogP contribution is -2.53. The maximum atomic E-state index is 14.5. The van der Waals surface area contributed by atoms with Gasteiger partial charge >= 0.3 is 0 Å². The Bertz CT molecular complexity index is 1700. The number of carbonyl (C=O) groups excluding carboxylic acids is 2. The number of unbranched alkanes of at least 4 members (excludes halogenated alkanes) is 1. The molecule has 9 heteroatoms. The molecule has 0 saturated heterocycles. The Hall–Kier alpha value is -4.14. The molecule has 2 amide bonds. The summed E-state index contributed by atoms with van der Waals surface area (Å²) in [6.07, 6.45) is 1.98. The normalized spacial score (nSPS) is 11.9. The summed E-state index contributed by atoms with van der Waals surface area (Å²) >= 11 is 6.06. The fourth-order valence-corrected chi connectivity index (χ4v) is 6.61. The number of aryl methyl sites for hydroxylation is 2.